The van der Waals surface area contributed by atoms with E-state index in [4.69, 9.17) is 4.98 Å². The van der Waals surface area contributed by atoms with Crippen LogP contribution in [0.3, 0.4) is 0 Å². The Bertz CT molecular complexity index is 2390. The number of carbonyl (C=O) groups is 2. The maximum absolute atomic E-state index is 14.3. The highest BCUT2D eigenvalue weighted by molar-refractivity contribution is 7.17. The number of hydrogen-bond acceptors (Lipinski definition) is 8. The van der Waals surface area contributed by atoms with Crippen LogP contribution in [0.2, 0.25) is 0 Å². The zero-order valence-electron chi connectivity index (χ0n) is 30.7. The van der Waals surface area contributed by atoms with Gasteiger partial charge < -0.3 is 19.5 Å². The van der Waals surface area contributed by atoms with Crippen LogP contribution in [0.5, 0.6) is 0 Å². The molecule has 8 rings (SSSR count). The van der Waals surface area contributed by atoms with Crippen LogP contribution >= 0.6 is 11.3 Å². The quantitative estimate of drug-likeness (QED) is 0.215. The molecule has 2 amide bonds. The second-order valence-corrected chi connectivity index (χ2v) is 15.8. The van der Waals surface area contributed by atoms with Gasteiger partial charge in [0.2, 0.25) is 5.91 Å². The van der Waals surface area contributed by atoms with E-state index in [0.29, 0.717) is 67.0 Å². The number of aromatic nitrogens is 5. The van der Waals surface area contributed by atoms with Crippen molar-refractivity contribution in [2.45, 2.75) is 58.1 Å². The fourth-order valence-corrected chi connectivity index (χ4v) is 8.96. The van der Waals surface area contributed by atoms with Crippen molar-refractivity contribution in [2.24, 2.45) is 5.92 Å². The number of nitrogens with zero attached hydrogens (tertiary/aromatic N) is 7. The number of carbonyl (C=O) groups excluding carboxylic acids is 2. The van der Waals surface area contributed by atoms with E-state index in [-0.39, 0.29) is 35.8 Å². The Balaban J connectivity index is 0.953. The average molecular weight is 742 g/mol. The summed E-state index contributed by atoms with van der Waals surface area (Å²) in [6.07, 6.45) is 6.35. The van der Waals surface area contributed by atoms with Gasteiger partial charge in [0.1, 0.15) is 16.2 Å². The molecule has 0 bridgehead atoms. The Hall–Kier alpha value is -5.46. The van der Waals surface area contributed by atoms with Gasteiger partial charge in [-0.15, -0.1) is 11.3 Å². The fourth-order valence-electron chi connectivity index (χ4n) is 7.93. The van der Waals surface area contributed by atoms with Crippen LogP contribution < -0.4 is 5.56 Å². The minimum Gasteiger partial charge on any atom is -0.388 e. The number of fused-ring (bicyclic) bond motifs is 1. The molecule has 11 nitrogen and oxygen atoms in total. The molecule has 0 spiro atoms. The average Bonchev–Trinajstić information content (AvgIpc) is 3.80. The topological polar surface area (TPSA) is 126 Å². The molecule has 0 unspecified atom stereocenters. The Kier molecular flexibility index (Phi) is 9.49. The van der Waals surface area contributed by atoms with Crippen molar-refractivity contribution in [1.82, 2.24) is 33.9 Å². The summed E-state index contributed by atoms with van der Waals surface area (Å²) >= 11 is 1.38. The molecule has 2 saturated heterocycles. The van der Waals surface area contributed by atoms with Crippen molar-refractivity contribution in [1.29, 1.82) is 0 Å². The number of piperidine rings is 2. The van der Waals surface area contributed by atoms with E-state index < -0.39 is 5.60 Å². The van der Waals surface area contributed by atoms with Crippen molar-refractivity contribution < 1.29 is 14.7 Å². The standard InChI is InChI=1S/C42H43N7O4S/c1-27-8-7-11-32(22-27)49-19-15-34-37(49)44-26-48(40(34)51)25-42(53)16-20-46(21-17-42)39(50)33-14-18-47(24-35(33)30-9-5-4-6-10-30)41(52)36-29(3)45-38(54-36)31-13-12-28(2)43-23-31/h4-13,15,19,22-23,26,33,35,53H,14,16-18,20-21,24-25H2,1-3H3/t33-,35+/m1/s1. The monoisotopic (exact) mass is 741 g/mol. The number of amides is 2. The summed E-state index contributed by atoms with van der Waals surface area (Å²) in [5, 5.41) is 13.0. The third-order valence-electron chi connectivity index (χ3n) is 11.0. The lowest BCUT2D eigenvalue weighted by atomic mass is 9.79. The smallest absolute Gasteiger partial charge is 0.265 e. The molecule has 276 valence electrons. The molecule has 2 aliphatic rings. The summed E-state index contributed by atoms with van der Waals surface area (Å²) in [4.78, 5) is 59.9. The maximum Gasteiger partial charge on any atom is 0.265 e. The van der Waals surface area contributed by atoms with E-state index in [1.807, 2.05) is 108 Å². The van der Waals surface area contributed by atoms with Crippen LogP contribution in [0.1, 0.15) is 57.4 Å². The van der Waals surface area contributed by atoms with Crippen molar-refractivity contribution in [3.05, 3.63) is 129 Å². The Morgan fingerprint density at radius 3 is 2.46 bits per heavy atom. The summed E-state index contributed by atoms with van der Waals surface area (Å²) in [5.74, 6) is -0.527. The van der Waals surface area contributed by atoms with Gasteiger partial charge in [-0.25, -0.2) is 9.97 Å². The fraction of sp³-hybridized carbons (Fsp3) is 0.333. The first kappa shape index (κ1) is 35.6. The van der Waals surface area contributed by atoms with Gasteiger partial charge in [0.15, 0.2) is 5.65 Å². The SMILES string of the molecule is Cc1cccc(-n2ccc3c(=O)n(CC4(O)CCN(C(=O)[C@@H]5CCN(C(=O)c6sc(-c7ccc(C)nc7)nc6C)C[C@H]5c5ccccc5)CC4)cnc32)c1. The van der Waals surface area contributed by atoms with Crippen molar-refractivity contribution in [2.75, 3.05) is 26.2 Å². The normalized spacial score (nSPS) is 18.6. The summed E-state index contributed by atoms with van der Waals surface area (Å²) in [7, 11) is 0. The van der Waals surface area contributed by atoms with Crippen LogP contribution in [-0.4, -0.2) is 82.6 Å². The second-order valence-electron chi connectivity index (χ2n) is 14.8. The number of aryl methyl sites for hydroxylation is 3. The van der Waals surface area contributed by atoms with Gasteiger partial charge in [-0.1, -0.05) is 42.5 Å². The van der Waals surface area contributed by atoms with E-state index in [0.717, 1.165) is 33.1 Å². The van der Waals surface area contributed by atoms with Gasteiger partial charge in [0.05, 0.1) is 23.2 Å². The number of benzene rings is 2. The van der Waals surface area contributed by atoms with Gasteiger partial charge in [-0.3, -0.25) is 23.9 Å². The lowest BCUT2D eigenvalue weighted by molar-refractivity contribution is -0.142. The highest BCUT2D eigenvalue weighted by atomic mass is 32.1. The maximum atomic E-state index is 14.3. The van der Waals surface area contributed by atoms with Crippen LogP contribution in [0, 0.1) is 26.7 Å². The molecule has 2 aromatic carbocycles. The van der Waals surface area contributed by atoms with Gasteiger partial charge in [0.25, 0.3) is 11.5 Å². The largest absolute Gasteiger partial charge is 0.388 e. The Labute approximate surface area is 317 Å². The highest BCUT2D eigenvalue weighted by Gasteiger charge is 2.42. The summed E-state index contributed by atoms with van der Waals surface area (Å²) < 4.78 is 3.39. The molecule has 0 aliphatic carbocycles. The number of likely N-dealkylation sites (tertiary alicyclic amines) is 2. The molecular formula is C42H43N7O4S. The third kappa shape index (κ3) is 6.87. The summed E-state index contributed by atoms with van der Waals surface area (Å²) in [6.45, 7) is 7.54. The highest BCUT2D eigenvalue weighted by Crippen LogP contribution is 2.37. The Morgan fingerprint density at radius 2 is 1.72 bits per heavy atom. The zero-order valence-corrected chi connectivity index (χ0v) is 31.5. The van der Waals surface area contributed by atoms with E-state index in [1.165, 1.54) is 22.2 Å². The van der Waals surface area contributed by atoms with Gasteiger partial charge >= 0.3 is 0 Å². The molecule has 2 aliphatic heterocycles. The second kappa shape index (κ2) is 14.4. The number of hydrogen-bond donors (Lipinski definition) is 1. The molecule has 12 heteroatoms. The molecule has 0 radical (unpaired) electrons. The number of aliphatic hydroxyl groups is 1. The molecular weight excluding hydrogens is 699 g/mol. The number of pyridine rings is 1. The summed E-state index contributed by atoms with van der Waals surface area (Å²) in [5.41, 5.74) is 4.75. The van der Waals surface area contributed by atoms with E-state index in [2.05, 4.69) is 9.97 Å². The lowest BCUT2D eigenvalue weighted by Gasteiger charge is -2.43. The molecule has 0 saturated carbocycles. The first-order chi connectivity index (χ1) is 26.1. The van der Waals surface area contributed by atoms with Crippen molar-refractivity contribution in [3.8, 4) is 16.3 Å². The Morgan fingerprint density at radius 1 is 0.926 bits per heavy atom. The predicted octanol–water partition coefficient (Wildman–Crippen LogP) is 5.93. The molecule has 6 aromatic rings. The van der Waals surface area contributed by atoms with Crippen LogP contribution in [0.4, 0.5) is 0 Å². The lowest BCUT2D eigenvalue weighted by Crippen LogP contribution is -2.53. The van der Waals surface area contributed by atoms with Crippen molar-refractivity contribution in [3.63, 3.8) is 0 Å². The van der Waals surface area contributed by atoms with E-state index in [9.17, 15) is 19.5 Å². The first-order valence-corrected chi connectivity index (χ1v) is 19.3. The van der Waals surface area contributed by atoms with E-state index >= 15 is 0 Å². The molecule has 4 aromatic heterocycles. The molecule has 2 atom stereocenters. The van der Waals surface area contributed by atoms with Gasteiger partial charge in [-0.05, 0) is 81.5 Å². The first-order valence-electron chi connectivity index (χ1n) is 18.5. The minimum absolute atomic E-state index is 0.0406. The molecule has 6 heterocycles. The van der Waals surface area contributed by atoms with E-state index in [1.54, 1.807) is 12.3 Å². The molecule has 2 fully saturated rings. The molecule has 1 N–H and O–H groups in total. The van der Waals surface area contributed by atoms with Gasteiger partial charge in [0, 0.05) is 67.4 Å². The predicted molar refractivity (Wildman–Crippen MR) is 209 cm³/mol. The van der Waals surface area contributed by atoms with Crippen LogP contribution in [0.15, 0.2) is 96.3 Å². The third-order valence-corrected chi connectivity index (χ3v) is 12.2. The summed E-state index contributed by atoms with van der Waals surface area (Å²) in [6, 6.07) is 23.7. The number of rotatable bonds is 7. The van der Waals surface area contributed by atoms with Crippen LogP contribution in [-0.2, 0) is 11.3 Å². The zero-order chi connectivity index (χ0) is 37.6. The molecule has 54 heavy (non-hydrogen) atoms. The van der Waals surface area contributed by atoms with Crippen LogP contribution in [0.25, 0.3) is 27.3 Å². The van der Waals surface area contributed by atoms with Gasteiger partial charge in [-0.2, -0.15) is 0 Å². The minimum atomic E-state index is -1.16. The number of thiazole rings is 1. The van der Waals surface area contributed by atoms with Crippen molar-refractivity contribution >= 4 is 34.2 Å².